The third kappa shape index (κ3) is 4.30. The van der Waals surface area contributed by atoms with Crippen LogP contribution in [0.3, 0.4) is 0 Å². The van der Waals surface area contributed by atoms with Crippen LogP contribution in [0.4, 0.5) is 0 Å². The highest BCUT2D eigenvalue weighted by Gasteiger charge is 2.19. The van der Waals surface area contributed by atoms with Gasteiger partial charge in [-0.15, -0.1) is 0 Å². The Hall–Kier alpha value is -0.900. The van der Waals surface area contributed by atoms with E-state index >= 15 is 0 Å². The number of hydrogen-bond donors (Lipinski definition) is 2. The molecule has 0 amide bonds. The Labute approximate surface area is 115 Å². The van der Waals surface area contributed by atoms with E-state index in [0.29, 0.717) is 5.56 Å². The summed E-state index contributed by atoms with van der Waals surface area (Å²) in [5.41, 5.74) is 1.81. The Morgan fingerprint density at radius 2 is 2.00 bits per heavy atom. The lowest BCUT2D eigenvalue weighted by Crippen LogP contribution is -2.34. The van der Waals surface area contributed by atoms with Gasteiger partial charge in [0, 0.05) is 18.7 Å². The lowest BCUT2D eigenvalue weighted by molar-refractivity contribution is -0.0424. The Kier molecular flexibility index (Phi) is 5.37. The standard InChI is InChI=1S/C16H25NO2/c1-2-4-13-5-3-10-17(11-13)12-14-6-8-15(9-7-14)16(18)19/h6-9,13,16,18-19H,2-5,10-12H2,1H3. The Bertz CT molecular complexity index is 373. The van der Waals surface area contributed by atoms with Crippen LogP contribution in [0, 0.1) is 5.92 Å². The van der Waals surface area contributed by atoms with Crippen molar-refractivity contribution in [2.24, 2.45) is 5.92 Å². The molecular formula is C16H25NO2. The molecule has 1 aliphatic heterocycles. The zero-order valence-electron chi connectivity index (χ0n) is 11.8. The van der Waals surface area contributed by atoms with E-state index < -0.39 is 6.29 Å². The number of aliphatic hydroxyl groups is 2. The van der Waals surface area contributed by atoms with E-state index in [-0.39, 0.29) is 0 Å². The van der Waals surface area contributed by atoms with Gasteiger partial charge in [0.25, 0.3) is 0 Å². The zero-order valence-corrected chi connectivity index (χ0v) is 11.8. The van der Waals surface area contributed by atoms with Crippen molar-refractivity contribution in [1.82, 2.24) is 4.90 Å². The number of rotatable bonds is 5. The van der Waals surface area contributed by atoms with E-state index in [9.17, 15) is 0 Å². The van der Waals surface area contributed by atoms with E-state index in [4.69, 9.17) is 10.2 Å². The van der Waals surface area contributed by atoms with Gasteiger partial charge in [0.2, 0.25) is 0 Å². The van der Waals surface area contributed by atoms with Crippen molar-refractivity contribution in [2.75, 3.05) is 13.1 Å². The molecule has 1 aliphatic rings. The predicted octanol–water partition coefficient (Wildman–Crippen LogP) is 2.68. The van der Waals surface area contributed by atoms with Gasteiger partial charge < -0.3 is 10.2 Å². The fourth-order valence-electron chi connectivity index (χ4n) is 2.99. The molecule has 0 radical (unpaired) electrons. The highest BCUT2D eigenvalue weighted by Crippen LogP contribution is 2.22. The average molecular weight is 263 g/mol. The summed E-state index contributed by atoms with van der Waals surface area (Å²) in [6.07, 6.45) is 3.93. The van der Waals surface area contributed by atoms with Crippen LogP contribution in [-0.2, 0) is 6.54 Å². The maximum atomic E-state index is 9.07. The number of nitrogens with zero attached hydrogens (tertiary/aromatic N) is 1. The normalized spacial score (nSPS) is 20.9. The summed E-state index contributed by atoms with van der Waals surface area (Å²) in [7, 11) is 0. The molecule has 1 fully saturated rings. The van der Waals surface area contributed by atoms with E-state index in [1.165, 1.54) is 44.3 Å². The number of hydrogen-bond acceptors (Lipinski definition) is 3. The molecule has 1 heterocycles. The minimum absolute atomic E-state index is 0.561. The van der Waals surface area contributed by atoms with Gasteiger partial charge in [-0.2, -0.15) is 0 Å². The lowest BCUT2D eigenvalue weighted by atomic mass is 9.93. The molecule has 0 aromatic heterocycles. The summed E-state index contributed by atoms with van der Waals surface area (Å²) < 4.78 is 0. The van der Waals surface area contributed by atoms with Crippen molar-refractivity contribution in [3.05, 3.63) is 35.4 Å². The van der Waals surface area contributed by atoms with Gasteiger partial charge in [0.1, 0.15) is 0 Å². The molecule has 0 saturated carbocycles. The lowest BCUT2D eigenvalue weighted by Gasteiger charge is -2.32. The topological polar surface area (TPSA) is 43.7 Å². The molecule has 3 nitrogen and oxygen atoms in total. The van der Waals surface area contributed by atoms with Crippen LogP contribution in [0.15, 0.2) is 24.3 Å². The van der Waals surface area contributed by atoms with Crippen molar-refractivity contribution < 1.29 is 10.2 Å². The molecule has 106 valence electrons. The van der Waals surface area contributed by atoms with Crippen molar-refractivity contribution in [3.63, 3.8) is 0 Å². The second-order valence-electron chi connectivity index (χ2n) is 5.65. The smallest absolute Gasteiger partial charge is 0.178 e. The van der Waals surface area contributed by atoms with Gasteiger partial charge in [-0.05, 0) is 37.3 Å². The highest BCUT2D eigenvalue weighted by atomic mass is 16.5. The fourth-order valence-corrected chi connectivity index (χ4v) is 2.99. The van der Waals surface area contributed by atoms with Crippen LogP contribution in [0.1, 0.15) is 50.0 Å². The minimum atomic E-state index is -1.36. The molecule has 1 saturated heterocycles. The molecule has 0 spiro atoms. The number of piperidine rings is 1. The summed E-state index contributed by atoms with van der Waals surface area (Å²) in [5.74, 6) is 0.859. The Morgan fingerprint density at radius 3 is 2.63 bits per heavy atom. The van der Waals surface area contributed by atoms with Gasteiger partial charge in [-0.25, -0.2) is 0 Å². The molecule has 19 heavy (non-hydrogen) atoms. The molecule has 1 unspecified atom stereocenters. The van der Waals surface area contributed by atoms with E-state index in [1.807, 2.05) is 12.1 Å². The second kappa shape index (κ2) is 7.04. The summed E-state index contributed by atoms with van der Waals surface area (Å²) in [5, 5.41) is 18.1. The average Bonchev–Trinajstić information content (AvgIpc) is 2.40. The maximum absolute atomic E-state index is 9.07. The van der Waals surface area contributed by atoms with Crippen molar-refractivity contribution in [1.29, 1.82) is 0 Å². The molecule has 2 rings (SSSR count). The highest BCUT2D eigenvalue weighted by molar-refractivity contribution is 5.23. The third-order valence-electron chi connectivity index (χ3n) is 3.98. The van der Waals surface area contributed by atoms with Gasteiger partial charge in [0.05, 0.1) is 0 Å². The number of likely N-dealkylation sites (tertiary alicyclic amines) is 1. The van der Waals surface area contributed by atoms with Crippen molar-refractivity contribution in [3.8, 4) is 0 Å². The molecule has 1 aromatic carbocycles. The summed E-state index contributed by atoms with van der Waals surface area (Å²) in [6.45, 7) is 5.63. The van der Waals surface area contributed by atoms with Crippen molar-refractivity contribution in [2.45, 2.75) is 45.4 Å². The molecule has 3 heteroatoms. The van der Waals surface area contributed by atoms with Gasteiger partial charge >= 0.3 is 0 Å². The molecule has 0 aliphatic carbocycles. The predicted molar refractivity (Wildman–Crippen MR) is 76.5 cm³/mol. The van der Waals surface area contributed by atoms with Gasteiger partial charge in [-0.3, -0.25) is 4.90 Å². The SMILES string of the molecule is CCCC1CCCN(Cc2ccc(C(O)O)cc2)C1. The first kappa shape index (κ1) is 14.5. The molecular weight excluding hydrogens is 238 g/mol. The Morgan fingerprint density at radius 1 is 1.26 bits per heavy atom. The van der Waals surface area contributed by atoms with Crippen LogP contribution in [0.25, 0.3) is 0 Å². The monoisotopic (exact) mass is 263 g/mol. The summed E-state index contributed by atoms with van der Waals surface area (Å²) in [4.78, 5) is 2.52. The Balaban J connectivity index is 1.89. The summed E-state index contributed by atoms with van der Waals surface area (Å²) in [6, 6.07) is 7.59. The molecule has 0 bridgehead atoms. The zero-order chi connectivity index (χ0) is 13.7. The second-order valence-corrected chi connectivity index (χ2v) is 5.65. The van der Waals surface area contributed by atoms with Crippen LogP contribution >= 0.6 is 0 Å². The van der Waals surface area contributed by atoms with Gasteiger partial charge in [-0.1, -0.05) is 37.6 Å². The first-order valence-electron chi connectivity index (χ1n) is 7.36. The maximum Gasteiger partial charge on any atom is 0.178 e. The molecule has 1 atom stereocenters. The quantitative estimate of drug-likeness (QED) is 0.803. The van der Waals surface area contributed by atoms with E-state index in [1.54, 1.807) is 12.1 Å². The van der Waals surface area contributed by atoms with Crippen molar-refractivity contribution >= 4 is 0 Å². The molecule has 2 N–H and O–H groups in total. The third-order valence-corrected chi connectivity index (χ3v) is 3.98. The molecule has 1 aromatic rings. The first-order valence-corrected chi connectivity index (χ1v) is 7.36. The van der Waals surface area contributed by atoms with E-state index in [2.05, 4.69) is 11.8 Å². The largest absolute Gasteiger partial charge is 0.364 e. The van der Waals surface area contributed by atoms with Crippen LogP contribution in [0.5, 0.6) is 0 Å². The van der Waals surface area contributed by atoms with Crippen LogP contribution < -0.4 is 0 Å². The van der Waals surface area contributed by atoms with Crippen LogP contribution in [-0.4, -0.2) is 28.2 Å². The van der Waals surface area contributed by atoms with Crippen LogP contribution in [0.2, 0.25) is 0 Å². The number of benzene rings is 1. The fraction of sp³-hybridized carbons (Fsp3) is 0.625. The number of aliphatic hydroxyl groups excluding tert-OH is 1. The minimum Gasteiger partial charge on any atom is -0.364 e. The van der Waals surface area contributed by atoms with Gasteiger partial charge in [0.15, 0.2) is 6.29 Å². The van der Waals surface area contributed by atoms with E-state index in [0.717, 1.165) is 12.5 Å². The first-order chi connectivity index (χ1) is 9.19. The summed E-state index contributed by atoms with van der Waals surface area (Å²) >= 11 is 0.